The highest BCUT2D eigenvalue weighted by Crippen LogP contribution is 2.20. The minimum Gasteiger partial charge on any atom is -0.324 e. The van der Waals surface area contributed by atoms with Gasteiger partial charge in [-0.25, -0.2) is 0 Å². The summed E-state index contributed by atoms with van der Waals surface area (Å²) in [6.07, 6.45) is 43.8. The maximum atomic E-state index is 2.36. The van der Waals surface area contributed by atoms with Crippen LogP contribution in [-0.4, -0.2) is 30.7 Å². The lowest BCUT2D eigenvalue weighted by molar-refractivity contribution is -0.929. The van der Waals surface area contributed by atoms with E-state index in [1.165, 1.54) is 223 Å². The molecule has 0 aliphatic heterocycles. The van der Waals surface area contributed by atoms with Crippen LogP contribution in [-0.2, 0) is 0 Å². The van der Waals surface area contributed by atoms with Crippen LogP contribution < -0.4 is 0 Å². The van der Waals surface area contributed by atoms with Gasteiger partial charge in [-0.1, -0.05) is 169 Å². The van der Waals surface area contributed by atoms with Crippen LogP contribution in [0.3, 0.4) is 0 Å². The Hall–Kier alpha value is -0.0400. The quantitative estimate of drug-likeness (QED) is 0.0552. The zero-order valence-corrected chi connectivity index (χ0v) is 28.5. The zero-order valence-electron chi connectivity index (χ0n) is 28.5. The smallest absolute Gasteiger partial charge is 0.0786 e. The molecule has 0 aliphatic carbocycles. The molecule has 0 aromatic carbocycles. The molecule has 39 heavy (non-hydrogen) atoms. The fourth-order valence-corrected chi connectivity index (χ4v) is 6.64. The van der Waals surface area contributed by atoms with Crippen molar-refractivity contribution < 1.29 is 4.48 Å². The third kappa shape index (κ3) is 27.9. The van der Waals surface area contributed by atoms with Gasteiger partial charge in [-0.15, -0.1) is 0 Å². The number of rotatable bonds is 34. The van der Waals surface area contributed by atoms with E-state index in [2.05, 4.69) is 27.7 Å². The van der Waals surface area contributed by atoms with E-state index in [0.717, 1.165) is 0 Å². The summed E-state index contributed by atoms with van der Waals surface area (Å²) in [4.78, 5) is 0. The van der Waals surface area contributed by atoms with Crippen molar-refractivity contribution >= 4 is 0 Å². The van der Waals surface area contributed by atoms with E-state index in [9.17, 15) is 0 Å². The first-order valence-electron chi connectivity index (χ1n) is 19.1. The molecule has 1 nitrogen and oxygen atoms in total. The Morgan fingerprint density at radius 1 is 0.205 bits per heavy atom. The Balaban J connectivity index is 4.04. The summed E-state index contributed by atoms with van der Waals surface area (Å²) in [6.45, 7) is 15.3. The predicted molar refractivity (Wildman–Crippen MR) is 181 cm³/mol. The summed E-state index contributed by atoms with van der Waals surface area (Å²) in [5.41, 5.74) is 0. The normalized spacial score (nSPS) is 12.0. The van der Waals surface area contributed by atoms with Crippen LogP contribution in [0.4, 0.5) is 0 Å². The van der Waals surface area contributed by atoms with Crippen LogP contribution in [0, 0.1) is 0 Å². The Bertz CT molecular complexity index is 399. The number of hydrogen-bond acceptors (Lipinski definition) is 0. The van der Waals surface area contributed by atoms with E-state index in [1.54, 1.807) is 0 Å². The van der Waals surface area contributed by atoms with E-state index in [0.29, 0.717) is 0 Å². The van der Waals surface area contributed by atoms with Gasteiger partial charge in [0.05, 0.1) is 26.2 Å². The number of unbranched alkanes of at least 4 members (excludes halogenated alkanes) is 26. The van der Waals surface area contributed by atoms with E-state index >= 15 is 0 Å². The topological polar surface area (TPSA) is 0 Å². The molecule has 0 aliphatic rings. The van der Waals surface area contributed by atoms with Crippen molar-refractivity contribution in [2.24, 2.45) is 0 Å². The summed E-state index contributed by atoms with van der Waals surface area (Å²) in [6, 6.07) is 0. The summed E-state index contributed by atoms with van der Waals surface area (Å²) < 4.78 is 1.47. The predicted octanol–water partition coefficient (Wildman–Crippen LogP) is 13.6. The van der Waals surface area contributed by atoms with Crippen LogP contribution >= 0.6 is 0 Å². The molecule has 0 radical (unpaired) electrons. The minimum absolute atomic E-state index is 1.37. The molecule has 0 N–H and O–H groups in total. The average Bonchev–Trinajstić information content (AvgIpc) is 2.95. The lowest BCUT2D eigenvalue weighted by atomic mass is 10.0. The van der Waals surface area contributed by atoms with Crippen molar-refractivity contribution in [1.29, 1.82) is 0 Å². The Morgan fingerprint density at radius 3 is 0.564 bits per heavy atom. The van der Waals surface area contributed by atoms with Crippen LogP contribution in [0.2, 0.25) is 0 Å². The van der Waals surface area contributed by atoms with Gasteiger partial charge in [-0.2, -0.15) is 0 Å². The average molecular weight is 551 g/mol. The molecule has 0 saturated carbocycles. The molecule has 0 rings (SSSR count). The van der Waals surface area contributed by atoms with Gasteiger partial charge in [0.15, 0.2) is 0 Å². The zero-order chi connectivity index (χ0) is 28.5. The van der Waals surface area contributed by atoms with Crippen LogP contribution in [0.1, 0.15) is 220 Å². The number of quaternary nitrogens is 1. The Labute approximate surface area is 250 Å². The van der Waals surface area contributed by atoms with Crippen molar-refractivity contribution in [2.45, 2.75) is 220 Å². The molecule has 0 aromatic heterocycles. The van der Waals surface area contributed by atoms with Crippen molar-refractivity contribution in [2.75, 3.05) is 26.2 Å². The monoisotopic (exact) mass is 551 g/mol. The Morgan fingerprint density at radius 2 is 0.359 bits per heavy atom. The molecule has 0 fully saturated rings. The molecule has 236 valence electrons. The molecule has 0 bridgehead atoms. The fourth-order valence-electron chi connectivity index (χ4n) is 6.64. The van der Waals surface area contributed by atoms with Gasteiger partial charge in [-0.05, 0) is 51.4 Å². The van der Waals surface area contributed by atoms with Crippen molar-refractivity contribution in [3.8, 4) is 0 Å². The third-order valence-electron chi connectivity index (χ3n) is 9.44. The largest absolute Gasteiger partial charge is 0.324 e. The van der Waals surface area contributed by atoms with Crippen molar-refractivity contribution in [3.63, 3.8) is 0 Å². The Kier molecular flexibility index (Phi) is 32.4. The molecule has 0 atom stereocenters. The number of hydrogen-bond donors (Lipinski definition) is 0. The first-order chi connectivity index (χ1) is 19.2. The summed E-state index contributed by atoms with van der Waals surface area (Å²) >= 11 is 0. The SMILES string of the molecule is CCCCCCCCCCCCCCCCCCCC[N+](CCCCCC)(CCCCCC)CCCCCC. The highest BCUT2D eigenvalue weighted by atomic mass is 15.3. The first kappa shape index (κ1) is 39.0. The summed E-state index contributed by atoms with van der Waals surface area (Å²) in [7, 11) is 0. The lowest BCUT2D eigenvalue weighted by Gasteiger charge is -2.39. The second-order valence-corrected chi connectivity index (χ2v) is 13.4. The standard InChI is InChI=1S/C38H80N/c1-5-9-13-17-18-19-20-21-22-23-24-25-26-27-28-29-30-34-38-39(35-31-14-10-6-2,36-32-15-11-7-3)37-33-16-12-8-4/h5-38H2,1-4H3/q+1. The van der Waals surface area contributed by atoms with Crippen molar-refractivity contribution in [3.05, 3.63) is 0 Å². The van der Waals surface area contributed by atoms with E-state index in [1.807, 2.05) is 0 Å². The second kappa shape index (κ2) is 32.5. The van der Waals surface area contributed by atoms with Crippen LogP contribution in [0.15, 0.2) is 0 Å². The molecular weight excluding hydrogens is 470 g/mol. The van der Waals surface area contributed by atoms with Gasteiger partial charge in [0.25, 0.3) is 0 Å². The van der Waals surface area contributed by atoms with Crippen molar-refractivity contribution in [1.82, 2.24) is 0 Å². The van der Waals surface area contributed by atoms with Gasteiger partial charge in [0, 0.05) is 0 Å². The molecule has 0 unspecified atom stereocenters. The maximum absolute atomic E-state index is 2.36. The summed E-state index contributed by atoms with van der Waals surface area (Å²) in [5, 5.41) is 0. The lowest BCUT2D eigenvalue weighted by Crippen LogP contribution is -2.50. The fraction of sp³-hybridized carbons (Fsp3) is 1.00. The molecule has 0 amide bonds. The molecule has 0 heterocycles. The van der Waals surface area contributed by atoms with Crippen LogP contribution in [0.25, 0.3) is 0 Å². The summed E-state index contributed by atoms with van der Waals surface area (Å²) in [5.74, 6) is 0. The van der Waals surface area contributed by atoms with Gasteiger partial charge in [0.2, 0.25) is 0 Å². The molecule has 0 saturated heterocycles. The highest BCUT2D eigenvalue weighted by molar-refractivity contribution is 4.55. The van der Waals surface area contributed by atoms with E-state index in [4.69, 9.17) is 0 Å². The second-order valence-electron chi connectivity index (χ2n) is 13.4. The van der Waals surface area contributed by atoms with Gasteiger partial charge < -0.3 is 4.48 Å². The number of nitrogens with zero attached hydrogens (tertiary/aromatic N) is 1. The van der Waals surface area contributed by atoms with Crippen LogP contribution in [0.5, 0.6) is 0 Å². The minimum atomic E-state index is 1.37. The molecule has 1 heteroatoms. The van der Waals surface area contributed by atoms with Gasteiger partial charge in [-0.3, -0.25) is 0 Å². The first-order valence-corrected chi connectivity index (χ1v) is 19.1. The van der Waals surface area contributed by atoms with Gasteiger partial charge >= 0.3 is 0 Å². The molecule has 0 aromatic rings. The highest BCUT2D eigenvalue weighted by Gasteiger charge is 2.25. The van der Waals surface area contributed by atoms with Gasteiger partial charge in [0.1, 0.15) is 0 Å². The third-order valence-corrected chi connectivity index (χ3v) is 9.44. The van der Waals surface area contributed by atoms with E-state index < -0.39 is 0 Å². The van der Waals surface area contributed by atoms with E-state index in [-0.39, 0.29) is 0 Å². The maximum Gasteiger partial charge on any atom is 0.0786 e. The molecule has 0 spiro atoms. The molecular formula is C38H80N+.